The topological polar surface area (TPSA) is 163 Å². The summed E-state index contributed by atoms with van der Waals surface area (Å²) in [7, 11) is 0. The van der Waals surface area contributed by atoms with Gasteiger partial charge in [-0.05, 0) is 98.1 Å². The molecule has 2 aliphatic rings. The lowest BCUT2D eigenvalue weighted by Crippen LogP contribution is -2.17. The Bertz CT molecular complexity index is 2740. The number of ether oxygens (including phenoxy) is 4. The Morgan fingerprint density at radius 2 is 1.58 bits per heavy atom. The molecule has 2 aliphatic heterocycles. The van der Waals surface area contributed by atoms with E-state index in [0.29, 0.717) is 78.0 Å². The van der Waals surface area contributed by atoms with Crippen LogP contribution in [-0.4, -0.2) is 90.1 Å². The van der Waals surface area contributed by atoms with Crippen LogP contribution in [0, 0.1) is 20.8 Å². The van der Waals surface area contributed by atoms with Gasteiger partial charge in [0.15, 0.2) is 11.5 Å². The van der Waals surface area contributed by atoms with E-state index >= 15 is 0 Å². The summed E-state index contributed by atoms with van der Waals surface area (Å²) in [5.74, 6) is 1.57. The van der Waals surface area contributed by atoms with E-state index in [-0.39, 0.29) is 55.8 Å². The second kappa shape index (κ2) is 20.6. The van der Waals surface area contributed by atoms with E-state index in [1.165, 1.54) is 12.1 Å². The molecule has 66 heavy (non-hydrogen) atoms. The largest absolute Gasteiger partial charge is 0.491 e. The summed E-state index contributed by atoms with van der Waals surface area (Å²) in [6, 6.07) is 21.6. The van der Waals surface area contributed by atoms with Gasteiger partial charge in [-0.25, -0.2) is 4.98 Å². The number of nitrogens with one attached hydrogen (secondary N) is 3. The van der Waals surface area contributed by atoms with Crippen molar-refractivity contribution in [3.63, 3.8) is 0 Å². The smallest absolute Gasteiger partial charge is 0.434 e. The molecule has 0 radical (unpaired) electrons. The van der Waals surface area contributed by atoms with Crippen LogP contribution in [0.15, 0.2) is 83.9 Å². The summed E-state index contributed by atoms with van der Waals surface area (Å²) in [6.45, 7) is 8.44. The van der Waals surface area contributed by atoms with Crippen LogP contribution >= 0.6 is 22.9 Å². The number of carbonyl (C=O) groups excluding carboxylic acids is 2. The number of aryl methyl sites for hydroxylation is 2. The van der Waals surface area contributed by atoms with Crippen LogP contribution < -0.4 is 20.7 Å². The second-order valence-corrected chi connectivity index (χ2v) is 17.1. The number of pyridine rings is 1. The van der Waals surface area contributed by atoms with Crippen LogP contribution in [-0.2, 0) is 36.4 Å². The lowest BCUT2D eigenvalue weighted by atomic mass is 9.99. The molecule has 0 spiro atoms. The molecular formula is C47H46ClF3N8O6S. The number of halogens is 4. The van der Waals surface area contributed by atoms with Gasteiger partial charge in [-0.1, -0.05) is 29.8 Å². The highest BCUT2D eigenvalue weighted by atomic mass is 35.5. The number of nitrogens with zero attached hydrogens (tertiary/aromatic N) is 5. The highest BCUT2D eigenvalue weighted by Gasteiger charge is 2.37. The number of fused-ring (bicyclic) bond motifs is 4. The van der Waals surface area contributed by atoms with Gasteiger partial charge in [0.1, 0.15) is 35.0 Å². The molecule has 0 unspecified atom stereocenters. The minimum absolute atomic E-state index is 0.0421. The van der Waals surface area contributed by atoms with Crippen LogP contribution in [0.3, 0.4) is 0 Å². The van der Waals surface area contributed by atoms with Gasteiger partial charge in [0, 0.05) is 44.5 Å². The van der Waals surface area contributed by atoms with E-state index in [1.807, 2.05) is 35.8 Å². The number of alkyl halides is 3. The molecule has 2 amide bonds. The number of aliphatic imine (C=N–C) groups is 1. The molecule has 344 valence electrons. The molecule has 14 nitrogen and oxygen atoms in total. The zero-order chi connectivity index (χ0) is 46.4. The highest BCUT2D eigenvalue weighted by molar-refractivity contribution is 7.15. The molecule has 19 heteroatoms. The standard InChI is InChI=1S/C47H46ClF3N8O6S/c1-27-28(2)66-46-42(27)43(30-4-7-33(48)8-5-30)55-38(45-58-57-29(3)59(45)46)26-41(61)53-34-9-11-35(12-10-34)65-23-22-64-21-20-63-19-18-62-17-16-52-39-15-13-36(44(56-39)47(49,50)51)31-6-14-37-32(24-31)25-40(60)54-37/h4-15,24,38H,16-23,25-26H2,1-3H3,(H,52,56)(H,53,61)(H,54,60)/t38-/m0/s1. The van der Waals surface area contributed by atoms with E-state index < -0.39 is 17.9 Å². The normalized spacial score (nSPS) is 14.2. The minimum Gasteiger partial charge on any atom is -0.491 e. The summed E-state index contributed by atoms with van der Waals surface area (Å²) >= 11 is 7.88. The number of hydrogen-bond donors (Lipinski definition) is 3. The Morgan fingerprint density at radius 3 is 2.30 bits per heavy atom. The Kier molecular flexibility index (Phi) is 14.4. The number of carbonyl (C=O) groups is 2. The number of amides is 2. The second-order valence-electron chi connectivity index (χ2n) is 15.5. The van der Waals surface area contributed by atoms with Crippen molar-refractivity contribution in [2.24, 2.45) is 4.99 Å². The van der Waals surface area contributed by atoms with E-state index in [1.54, 1.807) is 53.8 Å². The maximum Gasteiger partial charge on any atom is 0.434 e. The molecule has 0 bridgehead atoms. The zero-order valence-electron chi connectivity index (χ0n) is 36.3. The van der Waals surface area contributed by atoms with Gasteiger partial charge < -0.3 is 34.9 Å². The van der Waals surface area contributed by atoms with Crippen molar-refractivity contribution in [3.8, 4) is 21.9 Å². The van der Waals surface area contributed by atoms with Gasteiger partial charge in [0.05, 0.1) is 58.2 Å². The summed E-state index contributed by atoms with van der Waals surface area (Å²) in [4.78, 5) is 35.4. The van der Waals surface area contributed by atoms with E-state index in [9.17, 15) is 22.8 Å². The monoisotopic (exact) mass is 942 g/mol. The zero-order valence-corrected chi connectivity index (χ0v) is 37.8. The third kappa shape index (κ3) is 10.9. The predicted molar refractivity (Wildman–Crippen MR) is 246 cm³/mol. The fraction of sp³-hybridized carbons (Fsp3) is 0.319. The van der Waals surface area contributed by atoms with Crippen LogP contribution in [0.25, 0.3) is 16.1 Å². The first-order chi connectivity index (χ1) is 31.8. The molecule has 0 saturated heterocycles. The van der Waals surface area contributed by atoms with Crippen molar-refractivity contribution >= 4 is 57.7 Å². The molecule has 3 N–H and O–H groups in total. The molecule has 3 aromatic carbocycles. The summed E-state index contributed by atoms with van der Waals surface area (Å²) in [6.07, 6.45) is -4.52. The highest BCUT2D eigenvalue weighted by Crippen LogP contribution is 2.41. The molecule has 8 rings (SSSR count). The lowest BCUT2D eigenvalue weighted by Gasteiger charge is -2.15. The van der Waals surface area contributed by atoms with Gasteiger partial charge in [-0.2, -0.15) is 13.2 Å². The van der Waals surface area contributed by atoms with Gasteiger partial charge in [0.25, 0.3) is 0 Å². The molecule has 0 saturated carbocycles. The predicted octanol–water partition coefficient (Wildman–Crippen LogP) is 8.94. The van der Waals surface area contributed by atoms with E-state index in [4.69, 9.17) is 35.5 Å². The minimum atomic E-state index is -4.68. The van der Waals surface area contributed by atoms with Crippen LogP contribution in [0.5, 0.6) is 5.75 Å². The first-order valence-corrected chi connectivity index (χ1v) is 22.4. The Balaban J connectivity index is 0.717. The number of aromatic nitrogens is 4. The number of thiophene rings is 1. The number of anilines is 3. The fourth-order valence-corrected chi connectivity index (χ4v) is 8.91. The van der Waals surface area contributed by atoms with Crippen molar-refractivity contribution in [1.82, 2.24) is 19.7 Å². The number of rotatable bonds is 19. The molecular weight excluding hydrogens is 897 g/mol. The molecule has 5 heterocycles. The van der Waals surface area contributed by atoms with Gasteiger partial charge in [0.2, 0.25) is 11.8 Å². The third-order valence-corrected chi connectivity index (χ3v) is 12.3. The fourth-order valence-electron chi connectivity index (χ4n) is 7.57. The number of benzene rings is 3. The maximum absolute atomic E-state index is 14.0. The van der Waals surface area contributed by atoms with Gasteiger partial charge in [-0.3, -0.25) is 19.1 Å². The van der Waals surface area contributed by atoms with Crippen molar-refractivity contribution in [3.05, 3.63) is 128 Å². The molecule has 0 aliphatic carbocycles. The van der Waals surface area contributed by atoms with Crippen molar-refractivity contribution in [2.45, 2.75) is 45.8 Å². The van der Waals surface area contributed by atoms with Crippen LogP contribution in [0.4, 0.5) is 30.4 Å². The van der Waals surface area contributed by atoms with E-state index in [0.717, 1.165) is 32.3 Å². The van der Waals surface area contributed by atoms with Crippen molar-refractivity contribution in [1.29, 1.82) is 0 Å². The third-order valence-electron chi connectivity index (χ3n) is 10.9. The summed E-state index contributed by atoms with van der Waals surface area (Å²) in [5.41, 5.74) is 4.88. The Hall–Kier alpha value is -6.18. The summed E-state index contributed by atoms with van der Waals surface area (Å²) < 4.78 is 66.5. The number of hydrogen-bond acceptors (Lipinski definition) is 12. The maximum atomic E-state index is 14.0. The first-order valence-electron chi connectivity index (χ1n) is 21.2. The first kappa shape index (κ1) is 46.4. The van der Waals surface area contributed by atoms with Crippen molar-refractivity contribution < 1.29 is 41.7 Å². The average molecular weight is 943 g/mol. The van der Waals surface area contributed by atoms with Gasteiger partial charge in [-0.15, -0.1) is 21.5 Å². The Morgan fingerprint density at radius 1 is 0.879 bits per heavy atom. The summed E-state index contributed by atoms with van der Waals surface area (Å²) in [5, 5.41) is 19.0. The van der Waals surface area contributed by atoms with Crippen LogP contribution in [0.1, 0.15) is 56.9 Å². The lowest BCUT2D eigenvalue weighted by molar-refractivity contribution is -0.140. The molecule has 3 aromatic heterocycles. The molecule has 0 fully saturated rings. The van der Waals surface area contributed by atoms with Crippen molar-refractivity contribution in [2.75, 3.05) is 68.7 Å². The SMILES string of the molecule is Cc1sc2c(c1C)C(c1ccc(Cl)cc1)=N[C@@H](CC(=O)Nc1ccc(OCCOCCOCCOCCNc3ccc(-c4ccc5c(c4)CC(=O)N5)c(C(F)(F)F)n3)cc1)c1nnc(C)n1-2. The Labute approximate surface area is 387 Å². The van der Waals surface area contributed by atoms with E-state index in [2.05, 4.69) is 45.0 Å². The quantitative estimate of drug-likeness (QED) is 0.0669. The average Bonchev–Trinajstić information content (AvgIpc) is 3.93. The van der Waals surface area contributed by atoms with Gasteiger partial charge >= 0.3 is 6.18 Å². The van der Waals surface area contributed by atoms with Crippen LogP contribution in [0.2, 0.25) is 5.02 Å². The molecule has 6 aromatic rings. The molecule has 1 atom stereocenters.